The Balaban J connectivity index is 1.27. The van der Waals surface area contributed by atoms with Gasteiger partial charge >= 0.3 is 6.01 Å². The van der Waals surface area contributed by atoms with Gasteiger partial charge in [-0.1, -0.05) is 30.2 Å². The lowest BCUT2D eigenvalue weighted by Crippen LogP contribution is -2.51. The number of fused-ring (bicyclic) bond motifs is 7. The van der Waals surface area contributed by atoms with Crippen LogP contribution in [0.2, 0.25) is 0 Å². The van der Waals surface area contributed by atoms with E-state index in [1.165, 1.54) is 6.07 Å². The first-order valence-corrected chi connectivity index (χ1v) is 16.7. The molecule has 1 N–H and O–H groups in total. The summed E-state index contributed by atoms with van der Waals surface area (Å²) in [4.78, 5) is 13.9. The number of halogens is 4. The fourth-order valence-electron chi connectivity index (χ4n) is 8.79. The summed E-state index contributed by atoms with van der Waals surface area (Å²) in [6.45, 7) is 2.35. The molecule has 8 nitrogen and oxygen atoms in total. The third-order valence-electron chi connectivity index (χ3n) is 11.0. The highest BCUT2D eigenvalue weighted by molar-refractivity contribution is 6.18. The van der Waals surface area contributed by atoms with Gasteiger partial charge in [-0.05, 0) is 55.7 Å². The summed E-state index contributed by atoms with van der Waals surface area (Å²) in [5, 5.41) is 10.6. The highest BCUT2D eigenvalue weighted by Gasteiger charge is 2.48. The SMILES string of the molecule is C#Cc1c(F)ccc2cccc(-c3c(F)c4nc(OC[C@@]56CCCN5CC(=C(F)F)C6)nc(N5C[C@H]6CC[C@@H](C5)N6)c4c4cn(C)nc34)c12. The van der Waals surface area contributed by atoms with E-state index in [0.717, 1.165) is 19.3 Å². The number of rotatable bonds is 5. The van der Waals surface area contributed by atoms with Crippen LogP contribution in [0.5, 0.6) is 6.01 Å². The number of nitrogens with one attached hydrogen (secondary N) is 1. The first-order chi connectivity index (χ1) is 23.7. The lowest BCUT2D eigenvalue weighted by Gasteiger charge is -2.35. The maximum absolute atomic E-state index is 17.5. The van der Waals surface area contributed by atoms with Crippen molar-refractivity contribution in [3.63, 3.8) is 0 Å². The second kappa shape index (κ2) is 11.1. The number of hydrogen-bond acceptors (Lipinski definition) is 7. The maximum Gasteiger partial charge on any atom is 0.319 e. The van der Waals surface area contributed by atoms with Crippen LogP contribution < -0.4 is 15.0 Å². The van der Waals surface area contributed by atoms with Gasteiger partial charge in [0.05, 0.1) is 16.5 Å². The number of aryl methyl sites for hydroxylation is 1. The normalized spacial score (nSPS) is 23.6. The van der Waals surface area contributed by atoms with Gasteiger partial charge in [0, 0.05) is 66.9 Å². The summed E-state index contributed by atoms with van der Waals surface area (Å²) in [6, 6.07) is 8.75. The number of benzene rings is 3. The predicted molar refractivity (Wildman–Crippen MR) is 180 cm³/mol. The monoisotopic (exact) mass is 667 g/mol. The third-order valence-corrected chi connectivity index (χ3v) is 11.0. The number of anilines is 1. The third kappa shape index (κ3) is 4.70. The molecule has 0 aliphatic carbocycles. The Kier molecular flexibility index (Phi) is 6.90. The van der Waals surface area contributed by atoms with E-state index in [-0.39, 0.29) is 59.9 Å². The number of nitrogens with zero attached hydrogens (tertiary/aromatic N) is 6. The van der Waals surface area contributed by atoms with Crippen molar-refractivity contribution in [2.75, 3.05) is 37.7 Å². The Morgan fingerprint density at radius 3 is 2.67 bits per heavy atom. The minimum atomic E-state index is -1.64. The first-order valence-electron chi connectivity index (χ1n) is 16.7. The molecule has 4 fully saturated rings. The molecule has 0 radical (unpaired) electrons. The van der Waals surface area contributed by atoms with Crippen molar-refractivity contribution >= 4 is 38.4 Å². The van der Waals surface area contributed by atoms with Gasteiger partial charge in [0.2, 0.25) is 0 Å². The average molecular weight is 668 g/mol. The van der Waals surface area contributed by atoms with Gasteiger partial charge in [0.25, 0.3) is 6.08 Å². The van der Waals surface area contributed by atoms with Crippen LogP contribution in [0, 0.1) is 24.0 Å². The fourth-order valence-corrected chi connectivity index (χ4v) is 8.79. The molecule has 2 bridgehead atoms. The standard InChI is InChI=1S/C37H33F4N7O/c1-3-24-27(38)11-8-20-6-4-7-25(28(20)24)29-31(39)33-30(26-18-46(2)45-32(26)29)35(47-16-22-9-10-23(17-47)42-22)44-36(43-33)49-19-37-12-5-13-48(37)15-21(14-37)34(40)41/h1,4,6-8,11,18,22-23,42H,5,9-10,12-17,19H2,2H3/t22-,23+,37-/m0/s1. The Bertz CT molecular complexity index is 2260. The molecule has 0 unspecified atom stereocenters. The molecule has 6 heterocycles. The zero-order valence-electron chi connectivity index (χ0n) is 26.9. The molecule has 3 aromatic carbocycles. The molecule has 0 spiro atoms. The van der Waals surface area contributed by atoms with E-state index in [1.54, 1.807) is 29.9 Å². The molecular weight excluding hydrogens is 634 g/mol. The second-order valence-electron chi connectivity index (χ2n) is 13.9. The summed E-state index contributed by atoms with van der Waals surface area (Å²) in [5.41, 5.74) is 0.539. The number of terminal acetylenes is 1. The van der Waals surface area contributed by atoms with Crippen LogP contribution in [-0.4, -0.2) is 75.1 Å². The van der Waals surface area contributed by atoms with E-state index in [1.807, 2.05) is 12.3 Å². The van der Waals surface area contributed by atoms with E-state index in [4.69, 9.17) is 26.2 Å². The molecule has 2 aromatic heterocycles. The second-order valence-corrected chi connectivity index (χ2v) is 13.9. The summed E-state index contributed by atoms with van der Waals surface area (Å²) in [6.07, 6.45) is 9.84. The lowest BCUT2D eigenvalue weighted by atomic mass is 9.92. The number of piperazine rings is 1. The topological polar surface area (TPSA) is 71.3 Å². The van der Waals surface area contributed by atoms with Gasteiger partial charge in [-0.15, -0.1) is 6.42 Å². The van der Waals surface area contributed by atoms with Crippen molar-refractivity contribution < 1.29 is 22.3 Å². The van der Waals surface area contributed by atoms with Crippen molar-refractivity contribution in [3.05, 3.63) is 65.4 Å². The van der Waals surface area contributed by atoms with Crippen molar-refractivity contribution in [2.24, 2.45) is 7.05 Å². The van der Waals surface area contributed by atoms with Crippen LogP contribution in [0.15, 0.2) is 48.2 Å². The largest absolute Gasteiger partial charge is 0.461 e. The molecule has 0 saturated carbocycles. The molecule has 5 aromatic rings. The van der Waals surface area contributed by atoms with E-state index >= 15 is 8.78 Å². The zero-order valence-corrected chi connectivity index (χ0v) is 26.9. The quantitative estimate of drug-likeness (QED) is 0.174. The van der Waals surface area contributed by atoms with Crippen molar-refractivity contribution in [1.29, 1.82) is 0 Å². The highest BCUT2D eigenvalue weighted by Crippen LogP contribution is 2.46. The molecule has 49 heavy (non-hydrogen) atoms. The molecule has 4 saturated heterocycles. The van der Waals surface area contributed by atoms with Crippen LogP contribution in [-0.2, 0) is 7.05 Å². The van der Waals surface area contributed by atoms with Gasteiger partial charge in [-0.25, -0.2) is 8.78 Å². The van der Waals surface area contributed by atoms with Crippen LogP contribution in [0.4, 0.5) is 23.4 Å². The van der Waals surface area contributed by atoms with Gasteiger partial charge in [-0.2, -0.15) is 23.8 Å². The summed E-state index contributed by atoms with van der Waals surface area (Å²) >= 11 is 0. The van der Waals surface area contributed by atoms with E-state index < -0.39 is 23.3 Å². The highest BCUT2D eigenvalue weighted by atomic mass is 19.3. The van der Waals surface area contributed by atoms with Crippen molar-refractivity contribution in [3.8, 4) is 29.5 Å². The molecule has 4 aliphatic heterocycles. The fraction of sp³-hybridized carbons (Fsp3) is 0.378. The van der Waals surface area contributed by atoms with Crippen molar-refractivity contribution in [1.82, 2.24) is 30.0 Å². The Labute approximate surface area is 279 Å². The van der Waals surface area contributed by atoms with Crippen LogP contribution in [0.3, 0.4) is 0 Å². The Morgan fingerprint density at radius 1 is 1.08 bits per heavy atom. The molecule has 12 heteroatoms. The average Bonchev–Trinajstić information content (AvgIpc) is 3.85. The minimum Gasteiger partial charge on any atom is -0.461 e. The summed E-state index contributed by atoms with van der Waals surface area (Å²) in [7, 11) is 1.77. The number of aromatic nitrogens is 4. The lowest BCUT2D eigenvalue weighted by molar-refractivity contribution is 0.108. The summed E-state index contributed by atoms with van der Waals surface area (Å²) < 4.78 is 67.9. The van der Waals surface area contributed by atoms with Crippen LogP contribution >= 0.6 is 0 Å². The Morgan fingerprint density at radius 2 is 1.90 bits per heavy atom. The van der Waals surface area contributed by atoms with Crippen molar-refractivity contribution in [2.45, 2.75) is 49.7 Å². The van der Waals surface area contributed by atoms with E-state index in [2.05, 4.69) is 21.0 Å². The van der Waals surface area contributed by atoms with Crippen LogP contribution in [0.1, 0.15) is 37.7 Å². The number of hydrogen-bond donors (Lipinski definition) is 1. The molecule has 3 atom stereocenters. The minimum absolute atomic E-state index is 0.0193. The molecule has 9 rings (SSSR count). The first kappa shape index (κ1) is 30.3. The molecule has 0 amide bonds. The Hall–Kier alpha value is -4.73. The van der Waals surface area contributed by atoms with Gasteiger partial charge in [-0.3, -0.25) is 9.58 Å². The van der Waals surface area contributed by atoms with E-state index in [9.17, 15) is 8.78 Å². The molecule has 4 aliphatic rings. The summed E-state index contributed by atoms with van der Waals surface area (Å²) in [5.74, 6) is 1.78. The van der Waals surface area contributed by atoms with Gasteiger partial charge in [0.1, 0.15) is 29.3 Å². The van der Waals surface area contributed by atoms with E-state index in [0.29, 0.717) is 64.5 Å². The molecular formula is C37H33F4N7O. The predicted octanol–water partition coefficient (Wildman–Crippen LogP) is 6.30. The van der Waals surface area contributed by atoms with Gasteiger partial charge in [0.15, 0.2) is 5.82 Å². The number of ether oxygens (including phenoxy) is 1. The van der Waals surface area contributed by atoms with Gasteiger partial charge < -0.3 is 15.0 Å². The smallest absolute Gasteiger partial charge is 0.319 e. The molecule has 250 valence electrons. The maximum atomic E-state index is 17.5. The van der Waals surface area contributed by atoms with Crippen LogP contribution in [0.25, 0.3) is 43.7 Å². The zero-order chi connectivity index (χ0) is 33.6.